The molecule has 0 atom stereocenters. The molecule has 0 bridgehead atoms. The van der Waals surface area contributed by atoms with Gasteiger partial charge in [-0.3, -0.25) is 4.79 Å². The van der Waals surface area contributed by atoms with Crippen LogP contribution < -0.4 is 10.7 Å². The zero-order valence-electron chi connectivity index (χ0n) is 13.5. The van der Waals surface area contributed by atoms with Gasteiger partial charge in [0.05, 0.1) is 22.2 Å². The van der Waals surface area contributed by atoms with Crippen molar-refractivity contribution < 1.29 is 4.79 Å². The van der Waals surface area contributed by atoms with Crippen LogP contribution in [0.5, 0.6) is 0 Å². The summed E-state index contributed by atoms with van der Waals surface area (Å²) >= 11 is 1.41. The lowest BCUT2D eigenvalue weighted by Crippen LogP contribution is -2.34. The fraction of sp³-hybridized carbons (Fsp3) is 0. The van der Waals surface area contributed by atoms with Crippen molar-refractivity contribution in [3.63, 3.8) is 0 Å². The van der Waals surface area contributed by atoms with Gasteiger partial charge in [-0.2, -0.15) is 5.26 Å². The smallest absolute Gasteiger partial charge is 0.287 e. The summed E-state index contributed by atoms with van der Waals surface area (Å²) in [7, 11) is 0. The molecule has 4 aromatic rings. The predicted octanol–water partition coefficient (Wildman–Crippen LogP) is 3.66. The van der Waals surface area contributed by atoms with Gasteiger partial charge in [-0.15, -0.1) is 11.3 Å². The van der Waals surface area contributed by atoms with Gasteiger partial charge in [0.1, 0.15) is 6.33 Å². The molecule has 126 valence electrons. The molecule has 0 aliphatic rings. The number of aromatic nitrogens is 2. The van der Waals surface area contributed by atoms with E-state index in [0.717, 1.165) is 10.1 Å². The van der Waals surface area contributed by atoms with E-state index in [4.69, 9.17) is 11.0 Å². The van der Waals surface area contributed by atoms with Gasteiger partial charge in [0.15, 0.2) is 0 Å². The van der Waals surface area contributed by atoms with Crippen LogP contribution in [0.25, 0.3) is 10.1 Å². The maximum Gasteiger partial charge on any atom is 0.287 e. The molecule has 6 nitrogen and oxygen atoms in total. The minimum atomic E-state index is -0.188. The molecule has 0 saturated carbocycles. The van der Waals surface area contributed by atoms with Crippen molar-refractivity contribution >= 4 is 38.7 Å². The Morgan fingerprint density at radius 3 is 2.69 bits per heavy atom. The molecule has 2 aromatic carbocycles. The molecule has 0 aliphatic carbocycles. The lowest BCUT2D eigenvalue weighted by molar-refractivity contribution is 0.0980. The Labute approximate surface area is 153 Å². The third kappa shape index (κ3) is 2.79. The molecule has 4 rings (SSSR count). The molecule has 2 N–H and O–H groups in total. The van der Waals surface area contributed by atoms with Crippen molar-refractivity contribution in [1.29, 1.82) is 5.26 Å². The number of anilines is 2. The minimum Gasteiger partial charge on any atom is -0.399 e. The zero-order valence-corrected chi connectivity index (χ0v) is 14.4. The van der Waals surface area contributed by atoms with Gasteiger partial charge in [-0.25, -0.2) is 14.7 Å². The highest BCUT2D eigenvalue weighted by Crippen LogP contribution is 2.29. The van der Waals surface area contributed by atoms with E-state index in [0.29, 0.717) is 21.8 Å². The molecule has 26 heavy (non-hydrogen) atoms. The summed E-state index contributed by atoms with van der Waals surface area (Å²) in [6.45, 7) is 0. The van der Waals surface area contributed by atoms with Crippen molar-refractivity contribution in [2.24, 2.45) is 0 Å². The van der Waals surface area contributed by atoms with Crippen LogP contribution in [0.2, 0.25) is 0 Å². The number of nitrogens with two attached hydrogens (primary N) is 1. The van der Waals surface area contributed by atoms with Gasteiger partial charge < -0.3 is 5.73 Å². The number of carbonyl (C=O) groups is 1. The highest BCUT2D eigenvalue weighted by Gasteiger charge is 2.21. The Kier molecular flexibility index (Phi) is 3.88. The number of nitriles is 1. The summed E-state index contributed by atoms with van der Waals surface area (Å²) in [6.07, 6.45) is 4.86. The quantitative estimate of drug-likeness (QED) is 0.565. The second-order valence-electron chi connectivity index (χ2n) is 5.63. The van der Waals surface area contributed by atoms with Gasteiger partial charge in [0, 0.05) is 22.8 Å². The molecule has 0 unspecified atom stereocenters. The van der Waals surface area contributed by atoms with Crippen LogP contribution in [-0.2, 0) is 0 Å². The van der Waals surface area contributed by atoms with Crippen LogP contribution >= 0.6 is 11.3 Å². The number of imidazole rings is 1. The molecule has 0 spiro atoms. The van der Waals surface area contributed by atoms with Crippen molar-refractivity contribution in [3.8, 4) is 6.07 Å². The first-order chi connectivity index (χ1) is 12.7. The molecule has 1 amide bonds. The number of rotatable bonds is 3. The number of benzene rings is 2. The fourth-order valence-electron chi connectivity index (χ4n) is 2.67. The minimum absolute atomic E-state index is 0.188. The Morgan fingerprint density at radius 2 is 2.00 bits per heavy atom. The third-order valence-electron chi connectivity index (χ3n) is 3.91. The average molecular weight is 359 g/mol. The number of hydrogen-bond acceptors (Lipinski definition) is 5. The SMILES string of the molecule is N#Cc1ccc(N(C(=O)c2cc3cc(N)ccc3s2)n2ccnc2)cc1. The van der Waals surface area contributed by atoms with Crippen molar-refractivity contribution in [1.82, 2.24) is 9.66 Å². The van der Waals surface area contributed by atoms with Gasteiger partial charge in [-0.05, 0) is 53.9 Å². The predicted molar refractivity (Wildman–Crippen MR) is 102 cm³/mol. The van der Waals surface area contributed by atoms with Gasteiger partial charge in [-0.1, -0.05) is 0 Å². The first kappa shape index (κ1) is 15.9. The molecule has 2 heterocycles. The summed E-state index contributed by atoms with van der Waals surface area (Å²) in [5, 5.41) is 11.4. The summed E-state index contributed by atoms with van der Waals surface area (Å²) in [4.78, 5) is 17.9. The van der Waals surface area contributed by atoms with Crippen LogP contribution in [-0.4, -0.2) is 15.6 Å². The van der Waals surface area contributed by atoms with Gasteiger partial charge in [0.25, 0.3) is 5.91 Å². The molecular weight excluding hydrogens is 346 g/mol. The Morgan fingerprint density at radius 1 is 1.19 bits per heavy atom. The zero-order chi connectivity index (χ0) is 18.1. The molecule has 0 saturated heterocycles. The van der Waals surface area contributed by atoms with E-state index >= 15 is 0 Å². The van der Waals surface area contributed by atoms with E-state index in [2.05, 4.69) is 11.1 Å². The summed E-state index contributed by atoms with van der Waals surface area (Å²) in [6, 6.07) is 16.3. The lowest BCUT2D eigenvalue weighted by Gasteiger charge is -2.22. The van der Waals surface area contributed by atoms with E-state index < -0.39 is 0 Å². The van der Waals surface area contributed by atoms with Crippen molar-refractivity contribution in [2.45, 2.75) is 0 Å². The molecule has 0 fully saturated rings. The van der Waals surface area contributed by atoms with Gasteiger partial charge >= 0.3 is 0 Å². The van der Waals surface area contributed by atoms with Crippen LogP contribution in [0.3, 0.4) is 0 Å². The van der Waals surface area contributed by atoms with Crippen LogP contribution in [0.4, 0.5) is 11.4 Å². The number of nitrogen functional groups attached to an aromatic ring is 1. The topological polar surface area (TPSA) is 87.9 Å². The van der Waals surface area contributed by atoms with E-state index in [1.54, 1.807) is 47.7 Å². The summed E-state index contributed by atoms with van der Waals surface area (Å²) < 4.78 is 2.61. The first-order valence-electron chi connectivity index (χ1n) is 7.77. The molecule has 2 aromatic heterocycles. The number of fused-ring (bicyclic) bond motifs is 1. The summed E-state index contributed by atoms with van der Waals surface area (Å²) in [5.74, 6) is -0.188. The maximum atomic E-state index is 13.2. The Hall–Kier alpha value is -3.63. The second-order valence-corrected chi connectivity index (χ2v) is 6.71. The van der Waals surface area contributed by atoms with Crippen molar-refractivity contribution in [3.05, 3.63) is 77.7 Å². The maximum absolute atomic E-state index is 13.2. The van der Waals surface area contributed by atoms with E-state index in [1.165, 1.54) is 16.3 Å². The average Bonchev–Trinajstić information content (AvgIpc) is 3.32. The number of carbonyl (C=O) groups excluding carboxylic acids is 1. The molecule has 7 heteroatoms. The fourth-order valence-corrected chi connectivity index (χ4v) is 3.64. The number of thiophene rings is 1. The number of amides is 1. The highest BCUT2D eigenvalue weighted by atomic mass is 32.1. The third-order valence-corrected chi connectivity index (χ3v) is 5.01. The first-order valence-corrected chi connectivity index (χ1v) is 8.59. The molecule has 0 radical (unpaired) electrons. The Bertz CT molecular complexity index is 1120. The van der Waals surface area contributed by atoms with E-state index in [9.17, 15) is 4.79 Å². The van der Waals surface area contributed by atoms with Crippen molar-refractivity contribution in [2.75, 3.05) is 10.7 Å². The standard InChI is InChI=1S/C19H13N5OS/c20-11-13-1-4-16(5-2-13)24(23-8-7-22-12-23)19(25)18-10-14-9-15(21)3-6-17(14)26-18/h1-10,12H,21H2. The Balaban J connectivity index is 1.79. The summed E-state index contributed by atoms with van der Waals surface area (Å²) in [5.41, 5.74) is 7.67. The van der Waals surface area contributed by atoms with E-state index in [1.807, 2.05) is 24.3 Å². The molecular formula is C19H13N5OS. The van der Waals surface area contributed by atoms with Crippen LogP contribution in [0.15, 0.2) is 67.3 Å². The number of nitrogens with zero attached hydrogens (tertiary/aromatic N) is 4. The largest absolute Gasteiger partial charge is 0.399 e. The van der Waals surface area contributed by atoms with E-state index in [-0.39, 0.29) is 5.91 Å². The number of hydrogen-bond donors (Lipinski definition) is 1. The lowest BCUT2D eigenvalue weighted by atomic mass is 10.2. The second kappa shape index (κ2) is 6.35. The molecule has 0 aliphatic heterocycles. The van der Waals surface area contributed by atoms with Gasteiger partial charge in [0.2, 0.25) is 0 Å². The normalized spacial score (nSPS) is 10.6. The monoisotopic (exact) mass is 359 g/mol. The highest BCUT2D eigenvalue weighted by molar-refractivity contribution is 7.20. The van der Waals surface area contributed by atoms with Crippen LogP contribution in [0.1, 0.15) is 15.2 Å². The van der Waals surface area contributed by atoms with Crippen LogP contribution in [0, 0.1) is 11.3 Å².